The van der Waals surface area contributed by atoms with Gasteiger partial charge in [0.2, 0.25) is 15.9 Å². The molecular formula is C27H35N5O5S. The second-order valence-corrected chi connectivity index (χ2v) is 11.8. The van der Waals surface area contributed by atoms with Crippen molar-refractivity contribution in [2.45, 2.75) is 55.4 Å². The van der Waals surface area contributed by atoms with Gasteiger partial charge in [-0.25, -0.2) is 13.1 Å². The van der Waals surface area contributed by atoms with E-state index in [1.54, 1.807) is 17.0 Å². The standard InChI is InChI=1S/C27H35N5O5S/c28-27(29)30-16-20-9-8-19-14-23(10-11-24(19)20)38(36,37)31-17-22-13-21(15-25(33)34)26(35)32(22)12-4-7-18-5-2-1-3-6-18/h1-3,5-6,10-11,14,20-22,31H,4,7-9,12-13,15-17H2,(H,33,34)(H4,28,29,30)/t20?,21-,22-/m0/s1. The van der Waals surface area contributed by atoms with Gasteiger partial charge in [-0.15, -0.1) is 0 Å². The van der Waals surface area contributed by atoms with Crippen molar-refractivity contribution >= 4 is 27.9 Å². The van der Waals surface area contributed by atoms with E-state index in [2.05, 4.69) is 9.71 Å². The predicted octanol–water partition coefficient (Wildman–Crippen LogP) is 1.59. The zero-order valence-corrected chi connectivity index (χ0v) is 22.1. The maximum atomic E-state index is 13.2. The molecule has 1 heterocycles. The van der Waals surface area contributed by atoms with Crippen molar-refractivity contribution in [3.63, 3.8) is 0 Å². The number of aliphatic imine (C=N–C) groups is 1. The third-order valence-electron chi connectivity index (χ3n) is 7.39. The molecule has 0 spiro atoms. The highest BCUT2D eigenvalue weighted by atomic mass is 32.2. The number of nitrogens with zero attached hydrogens (tertiary/aromatic N) is 2. The number of carbonyl (C=O) groups is 2. The van der Waals surface area contributed by atoms with Crippen LogP contribution in [-0.2, 0) is 32.5 Å². The molecule has 0 saturated carbocycles. The van der Waals surface area contributed by atoms with Gasteiger partial charge in [0.25, 0.3) is 0 Å². The summed E-state index contributed by atoms with van der Waals surface area (Å²) in [5.41, 5.74) is 14.1. The molecule has 6 N–H and O–H groups in total. The second kappa shape index (κ2) is 12.0. The van der Waals surface area contributed by atoms with Gasteiger partial charge in [0, 0.05) is 31.6 Å². The Labute approximate surface area is 223 Å². The van der Waals surface area contributed by atoms with E-state index in [0.29, 0.717) is 25.9 Å². The largest absolute Gasteiger partial charge is 0.481 e. The average Bonchev–Trinajstić information content (AvgIpc) is 3.42. The first-order valence-corrected chi connectivity index (χ1v) is 14.4. The number of carboxylic acid groups (broad SMARTS) is 1. The minimum absolute atomic E-state index is 0.0275. The fourth-order valence-electron chi connectivity index (χ4n) is 5.48. The molecule has 38 heavy (non-hydrogen) atoms. The number of rotatable bonds is 12. The SMILES string of the molecule is NC(N)=NCC1CCc2cc(S(=O)(=O)NC[C@@H]3C[C@@H](CC(=O)O)C(=O)N3CCCc3ccccc3)ccc21. The second-order valence-electron chi connectivity index (χ2n) is 10.0. The third-order valence-corrected chi connectivity index (χ3v) is 8.81. The summed E-state index contributed by atoms with van der Waals surface area (Å²) >= 11 is 0. The molecule has 2 aromatic rings. The van der Waals surface area contributed by atoms with Crippen LogP contribution in [0, 0.1) is 5.92 Å². The number of guanidine groups is 1. The van der Waals surface area contributed by atoms with Crippen LogP contribution in [0.5, 0.6) is 0 Å². The van der Waals surface area contributed by atoms with Gasteiger partial charge in [-0.1, -0.05) is 36.4 Å². The Morgan fingerprint density at radius 3 is 2.61 bits per heavy atom. The Kier molecular flexibility index (Phi) is 8.68. The van der Waals surface area contributed by atoms with Crippen LogP contribution < -0.4 is 16.2 Å². The molecule has 1 saturated heterocycles. The molecule has 0 bridgehead atoms. The number of amides is 1. The fraction of sp³-hybridized carbons (Fsp3) is 0.444. The maximum absolute atomic E-state index is 13.2. The zero-order valence-electron chi connectivity index (χ0n) is 21.3. The number of hydrogen-bond acceptors (Lipinski definition) is 5. The smallest absolute Gasteiger partial charge is 0.304 e. The molecule has 10 nitrogen and oxygen atoms in total. The van der Waals surface area contributed by atoms with Crippen LogP contribution in [0.2, 0.25) is 0 Å². The van der Waals surface area contributed by atoms with E-state index in [0.717, 1.165) is 36.0 Å². The lowest BCUT2D eigenvalue weighted by Crippen LogP contribution is -2.42. The van der Waals surface area contributed by atoms with Crippen molar-refractivity contribution < 1.29 is 23.1 Å². The maximum Gasteiger partial charge on any atom is 0.304 e. The number of nitrogens with two attached hydrogens (primary N) is 2. The van der Waals surface area contributed by atoms with Gasteiger partial charge in [-0.2, -0.15) is 0 Å². The summed E-state index contributed by atoms with van der Waals surface area (Å²) in [6.07, 6.45) is 3.10. The van der Waals surface area contributed by atoms with Crippen LogP contribution in [0.4, 0.5) is 0 Å². The molecule has 204 valence electrons. The number of benzene rings is 2. The van der Waals surface area contributed by atoms with Crippen LogP contribution in [0.25, 0.3) is 0 Å². The molecule has 1 fully saturated rings. The Hall–Kier alpha value is -3.44. The fourth-order valence-corrected chi connectivity index (χ4v) is 6.60. The zero-order chi connectivity index (χ0) is 27.3. The molecule has 11 heteroatoms. The number of hydrogen-bond donors (Lipinski definition) is 4. The summed E-state index contributed by atoms with van der Waals surface area (Å²) in [5.74, 6) is -1.73. The Morgan fingerprint density at radius 1 is 1.13 bits per heavy atom. The molecule has 1 amide bonds. The Bertz CT molecular complexity index is 1290. The van der Waals surface area contributed by atoms with E-state index in [4.69, 9.17) is 11.5 Å². The molecule has 0 radical (unpaired) electrons. The summed E-state index contributed by atoms with van der Waals surface area (Å²) in [6, 6.07) is 14.6. The van der Waals surface area contributed by atoms with Crippen LogP contribution in [-0.4, -0.2) is 61.9 Å². The van der Waals surface area contributed by atoms with E-state index < -0.39 is 28.0 Å². The average molecular weight is 542 g/mol. The van der Waals surface area contributed by atoms with Gasteiger partial charge in [-0.05, 0) is 60.9 Å². The van der Waals surface area contributed by atoms with Crippen LogP contribution in [0.1, 0.15) is 48.3 Å². The lowest BCUT2D eigenvalue weighted by Gasteiger charge is -2.25. The molecule has 4 rings (SSSR count). The van der Waals surface area contributed by atoms with Crippen LogP contribution in [0.3, 0.4) is 0 Å². The van der Waals surface area contributed by atoms with Crippen molar-refractivity contribution in [3.05, 3.63) is 65.2 Å². The Balaban J connectivity index is 1.42. The van der Waals surface area contributed by atoms with E-state index in [-0.39, 0.29) is 35.6 Å². The summed E-state index contributed by atoms with van der Waals surface area (Å²) in [6.45, 7) is 0.930. The number of fused-ring (bicyclic) bond motifs is 1. The number of aryl methyl sites for hydroxylation is 2. The highest BCUT2D eigenvalue weighted by Crippen LogP contribution is 2.35. The number of likely N-dealkylation sites (tertiary alicyclic amines) is 1. The van der Waals surface area contributed by atoms with Gasteiger partial charge in [-0.3, -0.25) is 14.6 Å². The van der Waals surface area contributed by atoms with Crippen molar-refractivity contribution in [1.29, 1.82) is 0 Å². The molecule has 2 aliphatic rings. The molecule has 1 unspecified atom stereocenters. The van der Waals surface area contributed by atoms with E-state index in [9.17, 15) is 23.1 Å². The minimum Gasteiger partial charge on any atom is -0.481 e. The topological polar surface area (TPSA) is 168 Å². The molecule has 1 aliphatic heterocycles. The van der Waals surface area contributed by atoms with Gasteiger partial charge < -0.3 is 21.5 Å². The van der Waals surface area contributed by atoms with Crippen molar-refractivity contribution in [2.75, 3.05) is 19.6 Å². The molecular weight excluding hydrogens is 506 g/mol. The van der Waals surface area contributed by atoms with Crippen LogP contribution >= 0.6 is 0 Å². The first kappa shape index (κ1) is 27.6. The van der Waals surface area contributed by atoms with Gasteiger partial charge in [0.1, 0.15) is 0 Å². The highest BCUT2D eigenvalue weighted by molar-refractivity contribution is 7.89. The summed E-state index contributed by atoms with van der Waals surface area (Å²) < 4.78 is 29.0. The first-order chi connectivity index (χ1) is 18.1. The number of carboxylic acids is 1. The monoisotopic (exact) mass is 541 g/mol. The molecule has 0 aromatic heterocycles. The lowest BCUT2D eigenvalue weighted by molar-refractivity contribution is -0.142. The van der Waals surface area contributed by atoms with Crippen molar-refractivity contribution in [3.8, 4) is 0 Å². The predicted molar refractivity (Wildman–Crippen MR) is 144 cm³/mol. The quantitative estimate of drug-likeness (QED) is 0.234. The number of aliphatic carboxylic acids is 1. The highest BCUT2D eigenvalue weighted by Gasteiger charge is 2.40. The first-order valence-electron chi connectivity index (χ1n) is 12.9. The number of carbonyl (C=O) groups excluding carboxylic acids is 1. The minimum atomic E-state index is -3.83. The third kappa shape index (κ3) is 6.70. The van der Waals surface area contributed by atoms with Crippen molar-refractivity contribution in [1.82, 2.24) is 9.62 Å². The summed E-state index contributed by atoms with van der Waals surface area (Å²) in [4.78, 5) is 30.2. The van der Waals surface area contributed by atoms with E-state index in [1.807, 2.05) is 36.4 Å². The van der Waals surface area contributed by atoms with Gasteiger partial charge >= 0.3 is 5.97 Å². The Morgan fingerprint density at radius 2 is 1.89 bits per heavy atom. The number of sulfonamides is 1. The van der Waals surface area contributed by atoms with E-state index >= 15 is 0 Å². The molecule has 1 aliphatic carbocycles. The van der Waals surface area contributed by atoms with Gasteiger partial charge in [0.05, 0.1) is 17.2 Å². The summed E-state index contributed by atoms with van der Waals surface area (Å²) in [7, 11) is -3.83. The van der Waals surface area contributed by atoms with Crippen LogP contribution in [0.15, 0.2) is 58.4 Å². The number of nitrogens with one attached hydrogen (secondary N) is 1. The van der Waals surface area contributed by atoms with E-state index in [1.165, 1.54) is 0 Å². The molecule has 3 atom stereocenters. The normalized spacial score (nSPS) is 20.9. The lowest BCUT2D eigenvalue weighted by atomic mass is 10.0. The van der Waals surface area contributed by atoms with Crippen molar-refractivity contribution in [2.24, 2.45) is 22.4 Å². The van der Waals surface area contributed by atoms with Gasteiger partial charge in [0.15, 0.2) is 5.96 Å². The summed E-state index contributed by atoms with van der Waals surface area (Å²) in [5, 5.41) is 9.25. The molecule has 2 aromatic carbocycles.